The summed E-state index contributed by atoms with van der Waals surface area (Å²) in [6.07, 6.45) is 7.82. The minimum absolute atomic E-state index is 0.527. The third-order valence-electron chi connectivity index (χ3n) is 4.72. The van der Waals surface area contributed by atoms with Crippen LogP contribution in [0.5, 0.6) is 0 Å². The van der Waals surface area contributed by atoms with Gasteiger partial charge in [-0.15, -0.1) is 0 Å². The highest BCUT2D eigenvalue weighted by Crippen LogP contribution is 2.39. The van der Waals surface area contributed by atoms with Crippen LogP contribution in [0.2, 0.25) is 0 Å². The fraction of sp³-hybridized carbons (Fsp3) is 0.688. The first kappa shape index (κ1) is 14.3. The zero-order chi connectivity index (χ0) is 13.7. The molecule has 0 unspecified atom stereocenters. The molecule has 0 atom stereocenters. The lowest BCUT2D eigenvalue weighted by Crippen LogP contribution is -2.27. The number of rotatable bonds is 6. The second kappa shape index (κ2) is 6.38. The molecule has 1 fully saturated rings. The summed E-state index contributed by atoms with van der Waals surface area (Å²) in [5.74, 6) is 0. The van der Waals surface area contributed by atoms with Crippen LogP contribution in [0.4, 0.5) is 5.69 Å². The summed E-state index contributed by atoms with van der Waals surface area (Å²) < 4.78 is 0. The Morgan fingerprint density at radius 3 is 2.74 bits per heavy atom. The van der Waals surface area contributed by atoms with Gasteiger partial charge in [0.05, 0.1) is 0 Å². The van der Waals surface area contributed by atoms with Gasteiger partial charge in [0.25, 0.3) is 0 Å². The fourth-order valence-corrected chi connectivity index (χ4v) is 3.09. The SMILES string of the molecule is CCNCc1cnccc1N1CCC(CC)(CC)C1. The van der Waals surface area contributed by atoms with Crippen LogP contribution in [0, 0.1) is 5.41 Å². The molecule has 0 saturated carbocycles. The van der Waals surface area contributed by atoms with Gasteiger partial charge in [-0.05, 0) is 37.3 Å². The van der Waals surface area contributed by atoms with Gasteiger partial charge in [-0.1, -0.05) is 20.8 Å². The summed E-state index contributed by atoms with van der Waals surface area (Å²) in [6, 6.07) is 2.17. The number of nitrogens with one attached hydrogen (secondary N) is 1. The van der Waals surface area contributed by atoms with Crippen LogP contribution in [-0.4, -0.2) is 24.6 Å². The van der Waals surface area contributed by atoms with Gasteiger partial charge in [-0.2, -0.15) is 0 Å². The Kier molecular flexibility index (Phi) is 4.81. The molecule has 2 heterocycles. The molecule has 1 aliphatic heterocycles. The molecule has 0 aromatic carbocycles. The van der Waals surface area contributed by atoms with Gasteiger partial charge < -0.3 is 10.2 Å². The van der Waals surface area contributed by atoms with Crippen LogP contribution in [0.3, 0.4) is 0 Å². The molecule has 3 heteroatoms. The second-order valence-corrected chi connectivity index (χ2v) is 5.66. The number of nitrogens with zero attached hydrogens (tertiary/aromatic N) is 2. The van der Waals surface area contributed by atoms with E-state index in [4.69, 9.17) is 0 Å². The average Bonchev–Trinajstić information content (AvgIpc) is 2.90. The molecule has 19 heavy (non-hydrogen) atoms. The van der Waals surface area contributed by atoms with Gasteiger partial charge in [-0.3, -0.25) is 4.98 Å². The molecular weight excluding hydrogens is 234 g/mol. The highest BCUT2D eigenvalue weighted by atomic mass is 15.2. The van der Waals surface area contributed by atoms with Crippen molar-refractivity contribution in [3.8, 4) is 0 Å². The number of anilines is 1. The maximum atomic E-state index is 4.28. The molecule has 3 nitrogen and oxygen atoms in total. The van der Waals surface area contributed by atoms with E-state index in [0.29, 0.717) is 5.41 Å². The molecule has 1 N–H and O–H groups in total. The molecule has 0 spiro atoms. The Morgan fingerprint density at radius 2 is 2.11 bits per heavy atom. The fourth-order valence-electron chi connectivity index (χ4n) is 3.09. The Morgan fingerprint density at radius 1 is 1.32 bits per heavy atom. The number of aromatic nitrogens is 1. The molecule has 106 valence electrons. The molecule has 0 radical (unpaired) electrons. The maximum absolute atomic E-state index is 4.28. The Labute approximate surface area is 117 Å². The van der Waals surface area contributed by atoms with Gasteiger partial charge in [-0.25, -0.2) is 0 Å². The first-order chi connectivity index (χ1) is 9.24. The van der Waals surface area contributed by atoms with Crippen LogP contribution in [0.1, 0.15) is 45.6 Å². The van der Waals surface area contributed by atoms with Crippen molar-refractivity contribution in [1.29, 1.82) is 0 Å². The standard InChI is InChI=1S/C16H27N3/c1-4-16(5-2)8-10-19(13-16)15-7-9-18-12-14(15)11-17-6-3/h7,9,12,17H,4-6,8,10-11,13H2,1-3H3. The first-order valence-corrected chi connectivity index (χ1v) is 7.63. The molecule has 1 aromatic rings. The predicted molar refractivity (Wildman–Crippen MR) is 81.5 cm³/mol. The summed E-state index contributed by atoms with van der Waals surface area (Å²) in [6.45, 7) is 11.1. The van der Waals surface area contributed by atoms with E-state index in [1.165, 1.54) is 43.6 Å². The van der Waals surface area contributed by atoms with E-state index in [0.717, 1.165) is 13.1 Å². The van der Waals surface area contributed by atoms with E-state index in [2.05, 4.69) is 42.0 Å². The molecule has 1 aromatic heterocycles. The van der Waals surface area contributed by atoms with Crippen LogP contribution in [-0.2, 0) is 6.54 Å². The third kappa shape index (κ3) is 3.08. The molecule has 2 rings (SSSR count). The summed E-state index contributed by atoms with van der Waals surface area (Å²) in [4.78, 5) is 6.84. The highest BCUT2D eigenvalue weighted by molar-refractivity contribution is 5.53. The quantitative estimate of drug-likeness (QED) is 0.852. The maximum Gasteiger partial charge on any atom is 0.0443 e. The molecule has 1 saturated heterocycles. The minimum atomic E-state index is 0.527. The van der Waals surface area contributed by atoms with Crippen LogP contribution < -0.4 is 10.2 Å². The normalized spacial score (nSPS) is 17.9. The van der Waals surface area contributed by atoms with E-state index in [9.17, 15) is 0 Å². The van der Waals surface area contributed by atoms with Gasteiger partial charge in [0, 0.05) is 43.3 Å². The lowest BCUT2D eigenvalue weighted by Gasteiger charge is -2.28. The van der Waals surface area contributed by atoms with E-state index in [1.807, 2.05) is 12.4 Å². The van der Waals surface area contributed by atoms with Crippen molar-refractivity contribution in [3.05, 3.63) is 24.0 Å². The van der Waals surface area contributed by atoms with E-state index < -0.39 is 0 Å². The Bertz CT molecular complexity index is 399. The highest BCUT2D eigenvalue weighted by Gasteiger charge is 2.35. The van der Waals surface area contributed by atoms with E-state index >= 15 is 0 Å². The predicted octanol–water partition coefficient (Wildman–Crippen LogP) is 3.21. The zero-order valence-electron chi connectivity index (χ0n) is 12.6. The number of hydrogen-bond acceptors (Lipinski definition) is 3. The monoisotopic (exact) mass is 261 g/mol. The van der Waals surface area contributed by atoms with Crippen molar-refractivity contribution >= 4 is 5.69 Å². The zero-order valence-corrected chi connectivity index (χ0v) is 12.6. The number of hydrogen-bond donors (Lipinski definition) is 1. The summed E-state index contributed by atoms with van der Waals surface area (Å²) >= 11 is 0. The topological polar surface area (TPSA) is 28.2 Å². The molecule has 1 aliphatic rings. The average molecular weight is 261 g/mol. The van der Waals surface area contributed by atoms with Crippen molar-refractivity contribution in [2.45, 2.75) is 46.6 Å². The van der Waals surface area contributed by atoms with Crippen molar-refractivity contribution in [2.75, 3.05) is 24.5 Å². The third-order valence-corrected chi connectivity index (χ3v) is 4.72. The minimum Gasteiger partial charge on any atom is -0.371 e. The van der Waals surface area contributed by atoms with Crippen LogP contribution in [0.25, 0.3) is 0 Å². The second-order valence-electron chi connectivity index (χ2n) is 5.66. The summed E-state index contributed by atoms with van der Waals surface area (Å²) in [7, 11) is 0. The van der Waals surface area contributed by atoms with Gasteiger partial charge >= 0.3 is 0 Å². The van der Waals surface area contributed by atoms with E-state index in [1.54, 1.807) is 0 Å². The van der Waals surface area contributed by atoms with Crippen molar-refractivity contribution in [3.63, 3.8) is 0 Å². The van der Waals surface area contributed by atoms with E-state index in [-0.39, 0.29) is 0 Å². The lowest BCUT2D eigenvalue weighted by molar-refractivity contribution is 0.301. The van der Waals surface area contributed by atoms with Crippen molar-refractivity contribution in [2.24, 2.45) is 5.41 Å². The van der Waals surface area contributed by atoms with Gasteiger partial charge in [0.2, 0.25) is 0 Å². The van der Waals surface area contributed by atoms with Gasteiger partial charge in [0.15, 0.2) is 0 Å². The van der Waals surface area contributed by atoms with Crippen LogP contribution >= 0.6 is 0 Å². The smallest absolute Gasteiger partial charge is 0.0443 e. The Hall–Kier alpha value is -1.09. The molecule has 0 amide bonds. The number of pyridine rings is 1. The van der Waals surface area contributed by atoms with Crippen molar-refractivity contribution in [1.82, 2.24) is 10.3 Å². The first-order valence-electron chi connectivity index (χ1n) is 7.63. The molecule has 0 bridgehead atoms. The van der Waals surface area contributed by atoms with Gasteiger partial charge in [0.1, 0.15) is 0 Å². The van der Waals surface area contributed by atoms with Crippen LogP contribution in [0.15, 0.2) is 18.5 Å². The summed E-state index contributed by atoms with van der Waals surface area (Å²) in [5, 5.41) is 3.41. The van der Waals surface area contributed by atoms with Crippen molar-refractivity contribution < 1.29 is 0 Å². The molecular formula is C16H27N3. The lowest BCUT2D eigenvalue weighted by atomic mass is 9.82. The summed E-state index contributed by atoms with van der Waals surface area (Å²) in [5.41, 5.74) is 3.23. The Balaban J connectivity index is 2.14. The largest absolute Gasteiger partial charge is 0.371 e. The molecule has 0 aliphatic carbocycles.